The van der Waals surface area contributed by atoms with E-state index in [1.165, 1.54) is 21.3 Å². The maximum absolute atomic E-state index is 13.3. The number of halogens is 3. The van der Waals surface area contributed by atoms with Crippen molar-refractivity contribution in [1.82, 2.24) is 19.0 Å². The number of amides is 1. The van der Waals surface area contributed by atoms with E-state index in [4.69, 9.17) is 0 Å². The number of rotatable bonds is 6. The lowest BCUT2D eigenvalue weighted by Crippen LogP contribution is -2.47. The van der Waals surface area contributed by atoms with Gasteiger partial charge < -0.3 is 4.90 Å². The summed E-state index contributed by atoms with van der Waals surface area (Å²) in [6, 6.07) is 4.79. The van der Waals surface area contributed by atoms with Gasteiger partial charge in [0, 0.05) is 32.1 Å². The lowest BCUT2D eigenvalue weighted by molar-refractivity contribution is -0.137. The molecule has 1 aromatic heterocycles. The van der Waals surface area contributed by atoms with Crippen LogP contribution in [0.4, 0.5) is 13.2 Å². The Hall–Kier alpha value is -2.40. The van der Waals surface area contributed by atoms with Crippen LogP contribution < -0.4 is 0 Å². The monoisotopic (exact) mass is 484 g/mol. The molecule has 4 rings (SSSR count). The number of nitrogens with zero attached hydrogens (tertiary/aromatic N) is 4. The van der Waals surface area contributed by atoms with E-state index in [1.54, 1.807) is 24.9 Å². The number of aromatic nitrogens is 2. The van der Waals surface area contributed by atoms with Crippen LogP contribution >= 0.6 is 0 Å². The maximum Gasteiger partial charge on any atom is 0.416 e. The summed E-state index contributed by atoms with van der Waals surface area (Å²) in [6.45, 7) is 2.42. The Morgan fingerprint density at radius 1 is 1.18 bits per heavy atom. The van der Waals surface area contributed by atoms with Gasteiger partial charge in [-0.05, 0) is 50.8 Å². The van der Waals surface area contributed by atoms with E-state index in [2.05, 4.69) is 5.10 Å². The summed E-state index contributed by atoms with van der Waals surface area (Å²) in [4.78, 5) is 15.0. The Labute approximate surface area is 191 Å². The highest BCUT2D eigenvalue weighted by molar-refractivity contribution is 7.89. The molecule has 0 N–H and O–H groups in total. The summed E-state index contributed by atoms with van der Waals surface area (Å²) in [6.07, 6.45) is -0.260. The Morgan fingerprint density at radius 3 is 2.42 bits per heavy atom. The first-order valence-electron chi connectivity index (χ1n) is 11.0. The van der Waals surface area contributed by atoms with Crippen molar-refractivity contribution >= 4 is 15.9 Å². The van der Waals surface area contributed by atoms with Crippen molar-refractivity contribution in [1.29, 1.82) is 0 Å². The molecule has 2 aliphatic rings. The third kappa shape index (κ3) is 4.79. The van der Waals surface area contributed by atoms with Gasteiger partial charge in [-0.25, -0.2) is 17.4 Å². The second-order valence-corrected chi connectivity index (χ2v) is 10.9. The Morgan fingerprint density at radius 2 is 1.85 bits per heavy atom. The number of sulfonamides is 1. The van der Waals surface area contributed by atoms with Gasteiger partial charge in [0.15, 0.2) is 0 Å². The molecule has 11 heteroatoms. The van der Waals surface area contributed by atoms with Gasteiger partial charge in [0.1, 0.15) is 0 Å². The molecule has 0 radical (unpaired) electrons. The Balaban J connectivity index is 1.55. The van der Waals surface area contributed by atoms with E-state index in [9.17, 15) is 26.4 Å². The van der Waals surface area contributed by atoms with Crippen LogP contribution in [0.3, 0.4) is 0 Å². The van der Waals surface area contributed by atoms with Crippen molar-refractivity contribution in [2.45, 2.75) is 50.7 Å². The van der Waals surface area contributed by atoms with Gasteiger partial charge in [-0.2, -0.15) is 18.3 Å². The molecular weight excluding hydrogens is 457 g/mol. The van der Waals surface area contributed by atoms with E-state index in [0.29, 0.717) is 37.2 Å². The summed E-state index contributed by atoms with van der Waals surface area (Å²) in [5, 5.41) is 4.29. The fourth-order valence-corrected chi connectivity index (χ4v) is 5.40. The summed E-state index contributed by atoms with van der Waals surface area (Å²) in [5.74, 6) is -0.101. The molecule has 2 aromatic rings. The number of piperidine rings is 1. The number of carbonyl (C=O) groups excluding carboxylic acids is 1. The summed E-state index contributed by atoms with van der Waals surface area (Å²) < 4.78 is 66.7. The number of carbonyl (C=O) groups is 1. The van der Waals surface area contributed by atoms with E-state index in [0.717, 1.165) is 25.0 Å². The van der Waals surface area contributed by atoms with Gasteiger partial charge in [-0.1, -0.05) is 6.07 Å². The molecule has 0 atom stereocenters. The standard InChI is InChI=1S/C22H27F3N4O3S/c1-3-33(31,32)27(2)17-9-11-28(12-10-17)21(30)19-14-26-29(20(19)15-7-8-15)18-6-4-5-16(13-18)22(23,24)25/h4-6,13-15,17H,3,7-12H2,1-2H3. The highest BCUT2D eigenvalue weighted by atomic mass is 32.2. The van der Waals surface area contributed by atoms with Crippen LogP contribution in [0.1, 0.15) is 60.1 Å². The molecule has 0 unspecified atom stereocenters. The third-order valence-corrected chi connectivity index (χ3v) is 8.39. The largest absolute Gasteiger partial charge is 0.416 e. The fourth-order valence-electron chi connectivity index (χ4n) is 4.33. The quantitative estimate of drug-likeness (QED) is 0.627. The number of likely N-dealkylation sites (tertiary alicyclic amines) is 1. The normalized spacial score (nSPS) is 18.2. The summed E-state index contributed by atoms with van der Waals surface area (Å²) in [5.41, 5.74) is 0.559. The SMILES string of the molecule is CCS(=O)(=O)N(C)C1CCN(C(=O)c2cnn(-c3cccc(C(F)(F)F)c3)c2C2CC2)CC1. The van der Waals surface area contributed by atoms with Gasteiger partial charge in [0.2, 0.25) is 10.0 Å². The fraction of sp³-hybridized carbons (Fsp3) is 0.545. The predicted octanol–water partition coefficient (Wildman–Crippen LogP) is 3.65. The molecule has 2 fully saturated rings. The van der Waals surface area contributed by atoms with Crippen molar-refractivity contribution in [2.24, 2.45) is 0 Å². The van der Waals surface area contributed by atoms with E-state index >= 15 is 0 Å². The molecule has 33 heavy (non-hydrogen) atoms. The maximum atomic E-state index is 13.3. The highest BCUT2D eigenvalue weighted by Gasteiger charge is 2.37. The molecule has 180 valence electrons. The molecule has 1 saturated carbocycles. The third-order valence-electron chi connectivity index (χ3n) is 6.49. The van der Waals surface area contributed by atoms with Gasteiger partial charge in [-0.15, -0.1) is 0 Å². The molecule has 2 heterocycles. The van der Waals surface area contributed by atoms with Crippen LogP contribution in [-0.4, -0.2) is 65.2 Å². The highest BCUT2D eigenvalue weighted by Crippen LogP contribution is 2.43. The van der Waals surface area contributed by atoms with E-state index in [-0.39, 0.29) is 29.3 Å². The number of hydrogen-bond donors (Lipinski definition) is 0. The smallest absolute Gasteiger partial charge is 0.338 e. The first-order valence-corrected chi connectivity index (χ1v) is 12.6. The zero-order valence-electron chi connectivity index (χ0n) is 18.5. The molecule has 1 amide bonds. The van der Waals surface area contributed by atoms with Gasteiger partial charge in [0.25, 0.3) is 5.91 Å². The lowest BCUT2D eigenvalue weighted by atomic mass is 10.0. The zero-order chi connectivity index (χ0) is 24.0. The minimum absolute atomic E-state index is 0.0299. The second kappa shape index (κ2) is 8.75. The average Bonchev–Trinajstić information content (AvgIpc) is 3.55. The number of hydrogen-bond acceptors (Lipinski definition) is 4. The van der Waals surface area contributed by atoms with E-state index < -0.39 is 21.8 Å². The van der Waals surface area contributed by atoms with Gasteiger partial charge in [0.05, 0.1) is 34.5 Å². The average molecular weight is 485 g/mol. The molecule has 1 aliphatic heterocycles. The molecule has 1 aliphatic carbocycles. The number of benzene rings is 1. The molecule has 0 spiro atoms. The number of alkyl halides is 3. The molecule has 7 nitrogen and oxygen atoms in total. The summed E-state index contributed by atoms with van der Waals surface area (Å²) >= 11 is 0. The van der Waals surface area contributed by atoms with E-state index in [1.807, 2.05) is 0 Å². The second-order valence-electron chi connectivity index (χ2n) is 8.62. The zero-order valence-corrected chi connectivity index (χ0v) is 19.4. The first-order chi connectivity index (χ1) is 15.5. The van der Waals surface area contributed by atoms with Crippen molar-refractivity contribution in [2.75, 3.05) is 25.9 Å². The summed E-state index contributed by atoms with van der Waals surface area (Å²) in [7, 11) is -1.73. The Kier molecular flexibility index (Phi) is 6.30. The van der Waals surface area contributed by atoms with Gasteiger partial charge >= 0.3 is 6.18 Å². The van der Waals surface area contributed by atoms with Crippen molar-refractivity contribution in [3.8, 4) is 5.69 Å². The van der Waals surface area contributed by atoms with Crippen LogP contribution in [0.15, 0.2) is 30.5 Å². The van der Waals surface area contributed by atoms with Crippen molar-refractivity contribution < 1.29 is 26.4 Å². The lowest BCUT2D eigenvalue weighted by Gasteiger charge is -2.36. The molecule has 1 saturated heterocycles. The van der Waals surface area contributed by atoms with Gasteiger partial charge in [-0.3, -0.25) is 4.79 Å². The minimum atomic E-state index is -4.47. The first kappa shape index (κ1) is 23.7. The molecule has 0 bridgehead atoms. The van der Waals surface area contributed by atoms with Crippen molar-refractivity contribution in [3.05, 3.63) is 47.3 Å². The molecule has 1 aromatic carbocycles. The van der Waals surface area contributed by atoms with Crippen LogP contribution in [0.5, 0.6) is 0 Å². The molecular formula is C22H27F3N4O3S. The predicted molar refractivity (Wildman–Crippen MR) is 117 cm³/mol. The topological polar surface area (TPSA) is 75.5 Å². The van der Waals surface area contributed by atoms with Crippen LogP contribution in [-0.2, 0) is 16.2 Å². The van der Waals surface area contributed by atoms with Crippen LogP contribution in [0.2, 0.25) is 0 Å². The van der Waals surface area contributed by atoms with Crippen molar-refractivity contribution in [3.63, 3.8) is 0 Å². The Bertz CT molecular complexity index is 1130. The minimum Gasteiger partial charge on any atom is -0.338 e. The van der Waals surface area contributed by atoms with Crippen LogP contribution in [0, 0.1) is 0 Å². The van der Waals surface area contributed by atoms with Crippen LogP contribution in [0.25, 0.3) is 5.69 Å².